The van der Waals surface area contributed by atoms with E-state index < -0.39 is 0 Å². The van der Waals surface area contributed by atoms with E-state index >= 15 is 0 Å². The molecule has 0 saturated carbocycles. The Morgan fingerprint density at radius 3 is 2.68 bits per heavy atom. The van der Waals surface area contributed by atoms with Crippen molar-refractivity contribution in [1.29, 1.82) is 0 Å². The maximum Gasteiger partial charge on any atom is 0.270 e. The molecule has 1 amide bonds. The number of methoxy groups -OCH3 is 1. The second kappa shape index (κ2) is 7.25. The Hall–Kier alpha value is -3.02. The lowest BCUT2D eigenvalue weighted by atomic mass is 10.2. The SMILES string of the molecule is CC[C@H](C)NC(=O)c1cc(-c2ccco2)nn1-c1ccc(OC)cc1. The van der Waals surface area contributed by atoms with E-state index in [1.807, 2.05) is 44.2 Å². The summed E-state index contributed by atoms with van der Waals surface area (Å²) in [5.74, 6) is 1.19. The molecule has 130 valence electrons. The van der Waals surface area contributed by atoms with Crippen molar-refractivity contribution in [3.05, 3.63) is 54.4 Å². The maximum atomic E-state index is 12.7. The van der Waals surface area contributed by atoms with Crippen molar-refractivity contribution in [2.24, 2.45) is 0 Å². The number of hydrogen-bond acceptors (Lipinski definition) is 4. The molecule has 3 rings (SSSR count). The number of benzene rings is 1. The van der Waals surface area contributed by atoms with Crippen LogP contribution in [0.4, 0.5) is 0 Å². The molecule has 0 bridgehead atoms. The third-order valence-corrected chi connectivity index (χ3v) is 4.02. The van der Waals surface area contributed by atoms with E-state index in [0.29, 0.717) is 17.1 Å². The lowest BCUT2D eigenvalue weighted by molar-refractivity contribution is 0.0931. The van der Waals surface area contributed by atoms with Gasteiger partial charge in [-0.2, -0.15) is 5.10 Å². The molecule has 0 fully saturated rings. The van der Waals surface area contributed by atoms with Gasteiger partial charge in [-0.15, -0.1) is 0 Å². The van der Waals surface area contributed by atoms with Gasteiger partial charge < -0.3 is 14.5 Å². The van der Waals surface area contributed by atoms with Crippen molar-refractivity contribution in [3.63, 3.8) is 0 Å². The predicted octanol–water partition coefficient (Wildman–Crippen LogP) is 3.67. The summed E-state index contributed by atoms with van der Waals surface area (Å²) in [6, 6.07) is 12.8. The quantitative estimate of drug-likeness (QED) is 0.744. The molecule has 1 atom stereocenters. The number of carbonyl (C=O) groups excluding carboxylic acids is 1. The highest BCUT2D eigenvalue weighted by atomic mass is 16.5. The first-order chi connectivity index (χ1) is 12.1. The molecule has 0 radical (unpaired) electrons. The van der Waals surface area contributed by atoms with Crippen LogP contribution < -0.4 is 10.1 Å². The number of nitrogens with zero attached hydrogens (tertiary/aromatic N) is 2. The molecule has 25 heavy (non-hydrogen) atoms. The van der Waals surface area contributed by atoms with Gasteiger partial charge in [-0.25, -0.2) is 4.68 Å². The first kappa shape index (κ1) is 16.8. The maximum absolute atomic E-state index is 12.7. The fourth-order valence-electron chi connectivity index (χ4n) is 2.41. The standard InChI is InChI=1S/C19H21N3O3/c1-4-13(2)20-19(23)17-12-16(18-6-5-11-25-18)21-22(17)14-7-9-15(24-3)10-8-14/h5-13H,4H2,1-3H3,(H,20,23)/t13-/m0/s1. The van der Waals surface area contributed by atoms with Gasteiger partial charge in [0.2, 0.25) is 0 Å². The molecule has 0 saturated heterocycles. The Morgan fingerprint density at radius 2 is 2.08 bits per heavy atom. The van der Waals surface area contributed by atoms with Crippen molar-refractivity contribution in [1.82, 2.24) is 15.1 Å². The lowest BCUT2D eigenvalue weighted by Gasteiger charge is -2.12. The monoisotopic (exact) mass is 339 g/mol. The van der Waals surface area contributed by atoms with Crippen LogP contribution in [0.15, 0.2) is 53.1 Å². The molecule has 0 aliphatic rings. The molecule has 2 heterocycles. The highest BCUT2D eigenvalue weighted by Gasteiger charge is 2.19. The summed E-state index contributed by atoms with van der Waals surface area (Å²) in [6.45, 7) is 4.00. The van der Waals surface area contributed by atoms with Gasteiger partial charge in [0.15, 0.2) is 5.76 Å². The zero-order valence-corrected chi connectivity index (χ0v) is 14.5. The highest BCUT2D eigenvalue weighted by Crippen LogP contribution is 2.23. The van der Waals surface area contributed by atoms with Gasteiger partial charge in [-0.05, 0) is 49.7 Å². The molecule has 2 aromatic heterocycles. The molecule has 1 aromatic carbocycles. The van der Waals surface area contributed by atoms with Crippen molar-refractivity contribution < 1.29 is 13.9 Å². The number of amides is 1. The summed E-state index contributed by atoms with van der Waals surface area (Å²) in [4.78, 5) is 12.7. The number of rotatable bonds is 6. The van der Waals surface area contributed by atoms with Gasteiger partial charge in [0.1, 0.15) is 17.1 Å². The number of furan rings is 1. The smallest absolute Gasteiger partial charge is 0.270 e. The normalized spacial score (nSPS) is 12.0. The van der Waals surface area contributed by atoms with Crippen LogP contribution in [0.25, 0.3) is 17.1 Å². The number of ether oxygens (including phenoxy) is 1. The van der Waals surface area contributed by atoms with E-state index in [9.17, 15) is 4.79 Å². The van der Waals surface area contributed by atoms with E-state index in [0.717, 1.165) is 17.9 Å². The van der Waals surface area contributed by atoms with Crippen LogP contribution in [-0.2, 0) is 0 Å². The lowest BCUT2D eigenvalue weighted by Crippen LogP contribution is -2.33. The first-order valence-electron chi connectivity index (χ1n) is 8.21. The summed E-state index contributed by atoms with van der Waals surface area (Å²) in [6.07, 6.45) is 2.44. The second-order valence-corrected chi connectivity index (χ2v) is 5.78. The Labute approximate surface area is 146 Å². The Balaban J connectivity index is 2.03. The third-order valence-electron chi connectivity index (χ3n) is 4.02. The second-order valence-electron chi connectivity index (χ2n) is 5.78. The topological polar surface area (TPSA) is 69.3 Å². The van der Waals surface area contributed by atoms with E-state index in [1.54, 1.807) is 30.2 Å². The first-order valence-corrected chi connectivity index (χ1v) is 8.21. The van der Waals surface area contributed by atoms with Gasteiger partial charge in [-0.1, -0.05) is 6.92 Å². The van der Waals surface area contributed by atoms with E-state index in [2.05, 4.69) is 10.4 Å². The fourth-order valence-corrected chi connectivity index (χ4v) is 2.41. The van der Waals surface area contributed by atoms with Gasteiger partial charge in [0.25, 0.3) is 5.91 Å². The Morgan fingerprint density at radius 1 is 1.32 bits per heavy atom. The molecule has 6 nitrogen and oxygen atoms in total. The minimum Gasteiger partial charge on any atom is -0.497 e. The summed E-state index contributed by atoms with van der Waals surface area (Å²) in [5, 5.41) is 7.54. The van der Waals surface area contributed by atoms with Crippen LogP contribution >= 0.6 is 0 Å². The molecule has 0 spiro atoms. The molecular weight excluding hydrogens is 318 g/mol. The van der Waals surface area contributed by atoms with E-state index in [-0.39, 0.29) is 11.9 Å². The van der Waals surface area contributed by atoms with Crippen LogP contribution in [0.2, 0.25) is 0 Å². The number of nitrogens with one attached hydrogen (secondary N) is 1. The van der Waals surface area contributed by atoms with Gasteiger partial charge in [0.05, 0.1) is 19.1 Å². The number of carbonyl (C=O) groups is 1. The molecule has 1 N–H and O–H groups in total. The molecule has 3 aromatic rings. The summed E-state index contributed by atoms with van der Waals surface area (Å²) >= 11 is 0. The van der Waals surface area contributed by atoms with E-state index in [1.165, 1.54) is 0 Å². The predicted molar refractivity (Wildman–Crippen MR) is 95.0 cm³/mol. The minimum absolute atomic E-state index is 0.0822. The fraction of sp³-hybridized carbons (Fsp3) is 0.263. The average Bonchev–Trinajstić information content (AvgIpc) is 3.31. The minimum atomic E-state index is -0.171. The average molecular weight is 339 g/mol. The Kier molecular flexibility index (Phi) is 4.88. The van der Waals surface area contributed by atoms with Crippen LogP contribution in [0.3, 0.4) is 0 Å². The van der Waals surface area contributed by atoms with Gasteiger partial charge in [-0.3, -0.25) is 4.79 Å². The number of hydrogen-bond donors (Lipinski definition) is 1. The summed E-state index contributed by atoms with van der Waals surface area (Å²) in [5.41, 5.74) is 1.83. The third kappa shape index (κ3) is 3.57. The van der Waals surface area contributed by atoms with E-state index in [4.69, 9.17) is 9.15 Å². The zero-order valence-electron chi connectivity index (χ0n) is 14.5. The van der Waals surface area contributed by atoms with Gasteiger partial charge in [0, 0.05) is 12.1 Å². The molecule has 0 aliphatic heterocycles. The number of aromatic nitrogens is 2. The summed E-state index contributed by atoms with van der Waals surface area (Å²) in [7, 11) is 1.61. The van der Waals surface area contributed by atoms with Crippen LogP contribution in [0, 0.1) is 0 Å². The van der Waals surface area contributed by atoms with Crippen LogP contribution in [-0.4, -0.2) is 28.8 Å². The van der Waals surface area contributed by atoms with Gasteiger partial charge >= 0.3 is 0 Å². The van der Waals surface area contributed by atoms with Crippen molar-refractivity contribution in [2.45, 2.75) is 26.3 Å². The Bertz CT molecular complexity index is 835. The van der Waals surface area contributed by atoms with Crippen LogP contribution in [0.1, 0.15) is 30.8 Å². The van der Waals surface area contributed by atoms with Crippen molar-refractivity contribution in [2.75, 3.05) is 7.11 Å². The zero-order chi connectivity index (χ0) is 17.8. The molecule has 6 heteroatoms. The molecular formula is C19H21N3O3. The van der Waals surface area contributed by atoms with Crippen LogP contribution in [0.5, 0.6) is 5.75 Å². The molecule has 0 aliphatic carbocycles. The van der Waals surface area contributed by atoms with Crippen molar-refractivity contribution in [3.8, 4) is 22.9 Å². The molecule has 0 unspecified atom stereocenters. The largest absolute Gasteiger partial charge is 0.497 e. The summed E-state index contributed by atoms with van der Waals surface area (Å²) < 4.78 is 12.2. The highest BCUT2D eigenvalue weighted by molar-refractivity contribution is 5.94. The van der Waals surface area contributed by atoms with Crippen molar-refractivity contribution >= 4 is 5.91 Å².